The van der Waals surface area contributed by atoms with Gasteiger partial charge in [0, 0.05) is 5.92 Å². The highest BCUT2D eigenvalue weighted by atomic mass is 16.5. The van der Waals surface area contributed by atoms with E-state index >= 15 is 0 Å². The predicted molar refractivity (Wildman–Crippen MR) is 94.7 cm³/mol. The molecule has 2 atom stereocenters. The highest BCUT2D eigenvalue weighted by Crippen LogP contribution is 2.34. The van der Waals surface area contributed by atoms with E-state index in [-0.39, 0.29) is 12.5 Å². The summed E-state index contributed by atoms with van der Waals surface area (Å²) in [6.07, 6.45) is 0. The summed E-state index contributed by atoms with van der Waals surface area (Å²) in [5, 5.41) is 9.66. The van der Waals surface area contributed by atoms with Gasteiger partial charge >= 0.3 is 5.97 Å². The number of rotatable bonds is 5. The van der Waals surface area contributed by atoms with E-state index in [2.05, 4.69) is 39.0 Å². The number of carbonyl (C=O) groups is 1. The van der Waals surface area contributed by atoms with Gasteiger partial charge in [-0.3, -0.25) is 4.79 Å². The zero-order valence-corrected chi connectivity index (χ0v) is 14.7. The van der Waals surface area contributed by atoms with Crippen LogP contribution in [-0.2, 0) is 9.53 Å². The van der Waals surface area contributed by atoms with Gasteiger partial charge in [-0.2, -0.15) is 5.26 Å². The molecule has 0 amide bonds. The van der Waals surface area contributed by atoms with Gasteiger partial charge < -0.3 is 4.74 Å². The second-order valence-corrected chi connectivity index (χ2v) is 6.03. The maximum Gasteiger partial charge on any atom is 0.324 e. The van der Waals surface area contributed by atoms with Crippen LogP contribution in [0.15, 0.2) is 42.5 Å². The first kappa shape index (κ1) is 17.7. The van der Waals surface area contributed by atoms with Crippen LogP contribution in [0.3, 0.4) is 0 Å². The minimum absolute atomic E-state index is 0.268. The Bertz CT molecular complexity index is 736. The van der Waals surface area contributed by atoms with Crippen molar-refractivity contribution in [1.82, 2.24) is 0 Å². The molecule has 0 fully saturated rings. The van der Waals surface area contributed by atoms with Crippen molar-refractivity contribution < 1.29 is 9.53 Å². The lowest BCUT2D eigenvalue weighted by atomic mass is 9.80. The van der Waals surface area contributed by atoms with Gasteiger partial charge in [-0.25, -0.2) is 0 Å². The summed E-state index contributed by atoms with van der Waals surface area (Å²) in [4.78, 5) is 12.4. The van der Waals surface area contributed by atoms with Crippen molar-refractivity contribution in [1.29, 1.82) is 5.26 Å². The standard InChI is InChI=1S/C21H23NO2/c1-5-24-21(23)19(13-22)20(17-9-7-6-8-10-17)18-11-14(2)16(4)15(3)12-18/h6-12,19-20H,5H2,1-4H3. The Morgan fingerprint density at radius 2 is 1.67 bits per heavy atom. The largest absolute Gasteiger partial charge is 0.465 e. The van der Waals surface area contributed by atoms with E-state index < -0.39 is 11.9 Å². The lowest BCUT2D eigenvalue weighted by molar-refractivity contribution is -0.146. The van der Waals surface area contributed by atoms with Crippen LogP contribution in [-0.4, -0.2) is 12.6 Å². The second kappa shape index (κ2) is 7.79. The molecule has 3 nitrogen and oxygen atoms in total. The molecule has 0 aliphatic rings. The quantitative estimate of drug-likeness (QED) is 0.765. The summed E-state index contributed by atoms with van der Waals surface area (Å²) >= 11 is 0. The topological polar surface area (TPSA) is 50.1 Å². The minimum atomic E-state index is -0.867. The second-order valence-electron chi connectivity index (χ2n) is 6.03. The lowest BCUT2D eigenvalue weighted by Gasteiger charge is -2.23. The Labute approximate surface area is 143 Å². The van der Waals surface area contributed by atoms with Gasteiger partial charge in [0.25, 0.3) is 0 Å². The summed E-state index contributed by atoms with van der Waals surface area (Å²) in [5.74, 6) is -1.67. The van der Waals surface area contributed by atoms with Crippen LogP contribution >= 0.6 is 0 Å². The fraction of sp³-hybridized carbons (Fsp3) is 0.333. The molecule has 0 N–H and O–H groups in total. The summed E-state index contributed by atoms with van der Waals surface area (Å²) < 4.78 is 5.14. The van der Waals surface area contributed by atoms with Crippen molar-refractivity contribution in [2.45, 2.75) is 33.6 Å². The number of hydrogen-bond acceptors (Lipinski definition) is 3. The molecule has 124 valence electrons. The van der Waals surface area contributed by atoms with Gasteiger partial charge in [0.1, 0.15) is 0 Å². The third kappa shape index (κ3) is 3.65. The molecule has 0 aromatic heterocycles. The van der Waals surface area contributed by atoms with Crippen LogP contribution in [0.2, 0.25) is 0 Å². The summed E-state index contributed by atoms with van der Waals surface area (Å²) in [5.41, 5.74) is 5.47. The first-order valence-electron chi connectivity index (χ1n) is 8.18. The van der Waals surface area contributed by atoms with E-state index in [0.717, 1.165) is 22.3 Å². The van der Waals surface area contributed by atoms with E-state index in [1.165, 1.54) is 5.56 Å². The zero-order valence-electron chi connectivity index (χ0n) is 14.7. The molecule has 2 aromatic rings. The summed E-state index contributed by atoms with van der Waals surface area (Å²) in [6.45, 7) is 8.22. The van der Waals surface area contributed by atoms with Gasteiger partial charge in [0.15, 0.2) is 5.92 Å². The molecule has 2 aromatic carbocycles. The highest BCUT2D eigenvalue weighted by Gasteiger charge is 2.32. The van der Waals surface area contributed by atoms with Crippen LogP contribution in [0, 0.1) is 38.0 Å². The fourth-order valence-corrected chi connectivity index (χ4v) is 2.98. The minimum Gasteiger partial charge on any atom is -0.465 e. The first-order chi connectivity index (χ1) is 11.5. The number of nitriles is 1. The molecule has 2 rings (SSSR count). The Morgan fingerprint density at radius 1 is 1.08 bits per heavy atom. The van der Waals surface area contributed by atoms with Crippen LogP contribution < -0.4 is 0 Å². The SMILES string of the molecule is CCOC(=O)C(C#N)C(c1ccccc1)c1cc(C)c(C)c(C)c1. The molecule has 0 bridgehead atoms. The number of carbonyl (C=O) groups excluding carboxylic acids is 1. The van der Waals surface area contributed by atoms with E-state index in [4.69, 9.17) is 4.74 Å². The van der Waals surface area contributed by atoms with Gasteiger partial charge in [0.05, 0.1) is 12.7 Å². The zero-order chi connectivity index (χ0) is 17.7. The molecule has 2 unspecified atom stereocenters. The number of nitrogens with zero attached hydrogens (tertiary/aromatic N) is 1. The van der Waals surface area contributed by atoms with E-state index in [1.807, 2.05) is 30.3 Å². The van der Waals surface area contributed by atoms with Gasteiger partial charge in [-0.15, -0.1) is 0 Å². The van der Waals surface area contributed by atoms with E-state index in [0.29, 0.717) is 0 Å². The van der Waals surface area contributed by atoms with Crippen molar-refractivity contribution in [3.63, 3.8) is 0 Å². The normalized spacial score (nSPS) is 13.0. The molecule has 0 saturated carbocycles. The predicted octanol–water partition coefficient (Wildman–Crippen LogP) is 4.45. The third-order valence-corrected chi connectivity index (χ3v) is 4.48. The Morgan fingerprint density at radius 3 is 2.17 bits per heavy atom. The van der Waals surface area contributed by atoms with Crippen LogP contribution in [0.25, 0.3) is 0 Å². The van der Waals surface area contributed by atoms with Crippen LogP contribution in [0.4, 0.5) is 0 Å². The van der Waals surface area contributed by atoms with Crippen molar-refractivity contribution in [3.05, 3.63) is 70.3 Å². The lowest BCUT2D eigenvalue weighted by Crippen LogP contribution is -2.24. The molecular weight excluding hydrogens is 298 g/mol. The smallest absolute Gasteiger partial charge is 0.324 e. The summed E-state index contributed by atoms with van der Waals surface area (Å²) in [6, 6.07) is 16.0. The maximum absolute atomic E-state index is 12.4. The molecule has 24 heavy (non-hydrogen) atoms. The molecule has 0 radical (unpaired) electrons. The van der Waals surface area contributed by atoms with Crippen molar-refractivity contribution in [3.8, 4) is 6.07 Å². The summed E-state index contributed by atoms with van der Waals surface area (Å²) in [7, 11) is 0. The monoisotopic (exact) mass is 321 g/mol. The molecule has 0 spiro atoms. The van der Waals surface area contributed by atoms with Crippen LogP contribution in [0.5, 0.6) is 0 Å². The average molecular weight is 321 g/mol. The number of esters is 1. The number of hydrogen-bond donors (Lipinski definition) is 0. The maximum atomic E-state index is 12.4. The number of ether oxygens (including phenoxy) is 1. The molecule has 0 heterocycles. The third-order valence-electron chi connectivity index (χ3n) is 4.48. The molecule has 0 aliphatic carbocycles. The van der Waals surface area contributed by atoms with Crippen molar-refractivity contribution >= 4 is 5.97 Å². The Hall–Kier alpha value is -2.60. The van der Waals surface area contributed by atoms with E-state index in [1.54, 1.807) is 6.92 Å². The van der Waals surface area contributed by atoms with Crippen molar-refractivity contribution in [2.24, 2.45) is 5.92 Å². The first-order valence-corrected chi connectivity index (χ1v) is 8.18. The number of aryl methyl sites for hydroxylation is 2. The molecular formula is C21H23NO2. The fourth-order valence-electron chi connectivity index (χ4n) is 2.98. The highest BCUT2D eigenvalue weighted by molar-refractivity contribution is 5.77. The van der Waals surface area contributed by atoms with Gasteiger partial charge in [-0.05, 0) is 55.5 Å². The Balaban J connectivity index is 2.60. The van der Waals surface area contributed by atoms with Crippen LogP contribution in [0.1, 0.15) is 40.7 Å². The van der Waals surface area contributed by atoms with Crippen molar-refractivity contribution in [2.75, 3.05) is 6.61 Å². The number of benzene rings is 2. The van der Waals surface area contributed by atoms with E-state index in [9.17, 15) is 10.1 Å². The van der Waals surface area contributed by atoms with Gasteiger partial charge in [0.2, 0.25) is 0 Å². The average Bonchev–Trinajstić information content (AvgIpc) is 2.58. The molecule has 0 aliphatic heterocycles. The molecule has 3 heteroatoms. The molecule has 0 saturated heterocycles. The van der Waals surface area contributed by atoms with Gasteiger partial charge in [-0.1, -0.05) is 42.5 Å². The Kier molecular flexibility index (Phi) is 5.76.